The summed E-state index contributed by atoms with van der Waals surface area (Å²) >= 11 is 0. The highest BCUT2D eigenvalue weighted by Gasteiger charge is 2.25. The number of carbonyl (C=O) groups excluding carboxylic acids is 1. The lowest BCUT2D eigenvalue weighted by atomic mass is 10.1. The number of sulfonamides is 1. The fourth-order valence-electron chi connectivity index (χ4n) is 2.16. The smallest absolute Gasteiger partial charge is 0.323 e. The van der Waals surface area contributed by atoms with Crippen LogP contribution in [0.15, 0.2) is 12.1 Å². The summed E-state index contributed by atoms with van der Waals surface area (Å²) < 4.78 is 35.7. The minimum absolute atomic E-state index is 0.0201. The highest BCUT2D eigenvalue weighted by Crippen LogP contribution is 2.37. The maximum absolute atomic E-state index is 12.7. The second kappa shape index (κ2) is 8.06. The molecule has 0 atom stereocenters. The van der Waals surface area contributed by atoms with Gasteiger partial charge in [-0.2, -0.15) is 0 Å². The molecule has 0 aliphatic rings. The molecule has 1 aromatic carbocycles. The summed E-state index contributed by atoms with van der Waals surface area (Å²) in [5.74, 6) is -1.48. The van der Waals surface area contributed by atoms with Crippen LogP contribution in [-0.4, -0.2) is 63.4 Å². The monoisotopic (exact) mass is 374 g/mol. The SMILES string of the molecule is COc1cc(C(=O)N(CC(=O)O)C(C)C)cc(NS(C)(=O)=O)c1OC. The van der Waals surface area contributed by atoms with E-state index in [1.165, 1.54) is 26.4 Å². The van der Waals surface area contributed by atoms with E-state index in [2.05, 4.69) is 4.72 Å². The van der Waals surface area contributed by atoms with Gasteiger partial charge in [0.2, 0.25) is 10.0 Å². The molecule has 140 valence electrons. The van der Waals surface area contributed by atoms with Gasteiger partial charge >= 0.3 is 5.97 Å². The second-order valence-electron chi connectivity index (χ2n) is 5.55. The maximum Gasteiger partial charge on any atom is 0.323 e. The van der Waals surface area contributed by atoms with Gasteiger partial charge in [-0.25, -0.2) is 8.42 Å². The lowest BCUT2D eigenvalue weighted by Gasteiger charge is -2.25. The molecule has 0 bridgehead atoms. The van der Waals surface area contributed by atoms with Crippen LogP contribution < -0.4 is 14.2 Å². The molecular formula is C15H22N2O7S. The van der Waals surface area contributed by atoms with Crippen molar-refractivity contribution < 1.29 is 32.6 Å². The molecule has 0 saturated carbocycles. The van der Waals surface area contributed by atoms with Gasteiger partial charge in [-0.05, 0) is 26.0 Å². The van der Waals surface area contributed by atoms with Gasteiger partial charge in [0.25, 0.3) is 5.91 Å². The van der Waals surface area contributed by atoms with Crippen molar-refractivity contribution in [2.45, 2.75) is 19.9 Å². The van der Waals surface area contributed by atoms with Gasteiger partial charge < -0.3 is 19.5 Å². The second-order valence-corrected chi connectivity index (χ2v) is 7.30. The van der Waals surface area contributed by atoms with Gasteiger partial charge in [0.15, 0.2) is 11.5 Å². The van der Waals surface area contributed by atoms with Gasteiger partial charge in [0.05, 0.1) is 26.2 Å². The predicted octanol–water partition coefficient (Wildman–Crippen LogP) is 1.01. The molecule has 0 aliphatic carbocycles. The number of carbonyl (C=O) groups is 2. The average molecular weight is 374 g/mol. The highest BCUT2D eigenvalue weighted by molar-refractivity contribution is 7.92. The normalized spacial score (nSPS) is 11.1. The Kier molecular flexibility index (Phi) is 6.63. The number of aliphatic carboxylic acids is 1. The Morgan fingerprint density at radius 1 is 1.24 bits per heavy atom. The van der Waals surface area contributed by atoms with Gasteiger partial charge in [-0.15, -0.1) is 0 Å². The molecule has 0 radical (unpaired) electrons. The minimum Gasteiger partial charge on any atom is -0.493 e. The largest absolute Gasteiger partial charge is 0.493 e. The number of benzene rings is 1. The van der Waals surface area contributed by atoms with Crippen LogP contribution in [-0.2, 0) is 14.8 Å². The number of carboxylic acids is 1. The first-order valence-electron chi connectivity index (χ1n) is 7.26. The average Bonchev–Trinajstić information content (AvgIpc) is 2.49. The van der Waals surface area contributed by atoms with E-state index >= 15 is 0 Å². The molecule has 0 heterocycles. The molecule has 25 heavy (non-hydrogen) atoms. The Morgan fingerprint density at radius 3 is 2.24 bits per heavy atom. The topological polar surface area (TPSA) is 122 Å². The molecule has 0 unspecified atom stereocenters. The fraction of sp³-hybridized carbons (Fsp3) is 0.467. The number of amides is 1. The Hall–Kier alpha value is -2.49. The van der Waals surface area contributed by atoms with Crippen molar-refractivity contribution >= 4 is 27.6 Å². The first kappa shape index (κ1) is 20.6. The summed E-state index contributed by atoms with van der Waals surface area (Å²) in [6, 6.07) is 2.27. The van der Waals surface area contributed by atoms with E-state index < -0.39 is 28.4 Å². The van der Waals surface area contributed by atoms with Crippen molar-refractivity contribution in [3.8, 4) is 11.5 Å². The van der Waals surface area contributed by atoms with E-state index in [4.69, 9.17) is 14.6 Å². The van der Waals surface area contributed by atoms with Gasteiger partial charge in [0.1, 0.15) is 6.54 Å². The zero-order valence-corrected chi connectivity index (χ0v) is 15.5. The maximum atomic E-state index is 12.7. The van der Waals surface area contributed by atoms with Crippen molar-refractivity contribution in [3.63, 3.8) is 0 Å². The van der Waals surface area contributed by atoms with Crippen LogP contribution in [0.1, 0.15) is 24.2 Å². The minimum atomic E-state index is -3.64. The lowest BCUT2D eigenvalue weighted by molar-refractivity contribution is -0.138. The van der Waals surface area contributed by atoms with Gasteiger partial charge in [0, 0.05) is 11.6 Å². The van der Waals surface area contributed by atoms with Crippen LogP contribution >= 0.6 is 0 Å². The van der Waals surface area contributed by atoms with Crippen LogP contribution in [0, 0.1) is 0 Å². The number of ether oxygens (including phenoxy) is 2. The van der Waals surface area contributed by atoms with E-state index in [1.54, 1.807) is 13.8 Å². The fourth-order valence-corrected chi connectivity index (χ4v) is 2.71. The van der Waals surface area contributed by atoms with E-state index in [0.29, 0.717) is 0 Å². The van der Waals surface area contributed by atoms with Crippen molar-refractivity contribution in [1.82, 2.24) is 4.90 Å². The third-order valence-electron chi connectivity index (χ3n) is 3.21. The molecule has 0 aliphatic heterocycles. The van der Waals surface area contributed by atoms with Crippen LogP contribution in [0.4, 0.5) is 5.69 Å². The summed E-state index contributed by atoms with van der Waals surface area (Å²) in [6.07, 6.45) is 0.957. The number of rotatable bonds is 8. The van der Waals surface area contributed by atoms with Crippen LogP contribution in [0.25, 0.3) is 0 Å². The molecule has 1 rings (SSSR count). The van der Waals surface area contributed by atoms with Crippen LogP contribution in [0.3, 0.4) is 0 Å². The number of methoxy groups -OCH3 is 2. The van der Waals surface area contributed by atoms with E-state index in [0.717, 1.165) is 11.2 Å². The molecule has 1 amide bonds. The summed E-state index contributed by atoms with van der Waals surface area (Å²) in [7, 11) is -0.965. The third kappa shape index (κ3) is 5.52. The molecule has 0 saturated heterocycles. The summed E-state index contributed by atoms with van der Waals surface area (Å²) in [6.45, 7) is 2.87. The highest BCUT2D eigenvalue weighted by atomic mass is 32.2. The number of hydrogen-bond donors (Lipinski definition) is 2. The third-order valence-corrected chi connectivity index (χ3v) is 3.80. The Balaban J connectivity index is 3.46. The van der Waals surface area contributed by atoms with E-state index in [9.17, 15) is 18.0 Å². The zero-order valence-electron chi connectivity index (χ0n) is 14.7. The van der Waals surface area contributed by atoms with E-state index in [-0.39, 0.29) is 28.8 Å². The number of hydrogen-bond acceptors (Lipinski definition) is 6. The molecule has 2 N–H and O–H groups in total. The van der Waals surface area contributed by atoms with E-state index in [1.807, 2.05) is 0 Å². The van der Waals surface area contributed by atoms with Crippen molar-refractivity contribution in [2.75, 3.05) is 31.7 Å². The number of nitrogens with zero attached hydrogens (tertiary/aromatic N) is 1. The van der Waals surface area contributed by atoms with Gasteiger partial charge in [-0.1, -0.05) is 0 Å². The molecule has 1 aromatic rings. The number of nitrogens with one attached hydrogen (secondary N) is 1. The Labute approximate surface area is 146 Å². The standard InChI is InChI=1S/C15H22N2O7S/c1-9(2)17(8-13(18)19)15(20)10-6-11(16-25(5,21)22)14(24-4)12(7-10)23-3/h6-7,9,16H,8H2,1-5H3,(H,18,19). The zero-order chi connectivity index (χ0) is 19.4. The number of carboxylic acid groups (broad SMARTS) is 1. The lowest BCUT2D eigenvalue weighted by Crippen LogP contribution is -2.40. The Bertz CT molecular complexity index is 759. The van der Waals surface area contributed by atoms with Gasteiger partial charge in [-0.3, -0.25) is 14.3 Å². The van der Waals surface area contributed by atoms with Crippen molar-refractivity contribution in [3.05, 3.63) is 17.7 Å². The first-order chi connectivity index (χ1) is 11.5. The number of anilines is 1. The summed E-state index contributed by atoms with van der Waals surface area (Å²) in [5.41, 5.74) is 0.0884. The summed E-state index contributed by atoms with van der Waals surface area (Å²) in [4.78, 5) is 24.8. The predicted molar refractivity (Wildman–Crippen MR) is 91.8 cm³/mol. The quantitative estimate of drug-likeness (QED) is 0.696. The first-order valence-corrected chi connectivity index (χ1v) is 9.15. The summed E-state index contributed by atoms with van der Waals surface area (Å²) in [5, 5.41) is 8.99. The molecule has 10 heteroatoms. The molecule has 0 spiro atoms. The van der Waals surface area contributed by atoms with Crippen LogP contribution in [0.2, 0.25) is 0 Å². The molecule has 0 fully saturated rings. The van der Waals surface area contributed by atoms with Crippen molar-refractivity contribution in [2.24, 2.45) is 0 Å². The van der Waals surface area contributed by atoms with Crippen LogP contribution in [0.5, 0.6) is 11.5 Å². The van der Waals surface area contributed by atoms with Crippen molar-refractivity contribution in [1.29, 1.82) is 0 Å². The Morgan fingerprint density at radius 2 is 1.84 bits per heavy atom. The molecule has 0 aromatic heterocycles. The molecule has 9 nitrogen and oxygen atoms in total. The molecular weight excluding hydrogens is 352 g/mol.